The number of nitrogens with zero attached hydrogens (tertiary/aromatic N) is 2. The molecule has 0 amide bonds. The van der Waals surface area contributed by atoms with Crippen LogP contribution in [0.3, 0.4) is 0 Å². The minimum Gasteiger partial charge on any atom is -0.502 e. The van der Waals surface area contributed by atoms with Crippen LogP contribution >= 0.6 is 30.7 Å². The van der Waals surface area contributed by atoms with Gasteiger partial charge in [0.1, 0.15) is 18.0 Å². The molecule has 2 saturated heterocycles. The van der Waals surface area contributed by atoms with Crippen molar-refractivity contribution in [3.05, 3.63) is 27.5 Å². The monoisotopic (exact) mass is 616 g/mol. The molecule has 0 saturated carbocycles. The van der Waals surface area contributed by atoms with E-state index in [1.807, 2.05) is 17.6 Å². The zero-order valence-electron chi connectivity index (χ0n) is 24.3. The average molecular weight is 618 g/mol. The molecule has 1 unspecified atom stereocenters. The summed E-state index contributed by atoms with van der Waals surface area (Å²) in [4.78, 5) is 4.58. The first-order valence-corrected chi connectivity index (χ1v) is 22.4. The van der Waals surface area contributed by atoms with Crippen LogP contribution in [0.2, 0.25) is 54.0 Å². The van der Waals surface area contributed by atoms with Gasteiger partial charge in [0.2, 0.25) is 0 Å². The zero-order valence-corrected chi connectivity index (χ0v) is 28.7. The van der Waals surface area contributed by atoms with Crippen LogP contribution in [-0.2, 0) is 20.6 Å². The molecule has 212 valence electrons. The van der Waals surface area contributed by atoms with Crippen LogP contribution in [-0.4, -0.2) is 69.9 Å². The van der Waals surface area contributed by atoms with E-state index < -0.39 is 23.9 Å². The van der Waals surface area contributed by atoms with Gasteiger partial charge in [0, 0.05) is 38.8 Å². The first-order valence-electron chi connectivity index (χ1n) is 13.3. The van der Waals surface area contributed by atoms with Crippen molar-refractivity contribution in [2.75, 3.05) is 19.4 Å². The highest BCUT2D eigenvalue weighted by Crippen LogP contribution is 2.55. The molecule has 2 aromatic rings. The Bertz CT molecular complexity index is 1210. The summed E-state index contributed by atoms with van der Waals surface area (Å²) in [5.74, 6) is 0.720. The molecule has 0 aromatic carbocycles. The lowest BCUT2D eigenvalue weighted by Crippen LogP contribution is -2.47. The van der Waals surface area contributed by atoms with Crippen molar-refractivity contribution in [2.45, 2.75) is 96.6 Å². The fourth-order valence-electron chi connectivity index (χ4n) is 4.69. The maximum atomic E-state index is 6.81. The van der Waals surface area contributed by atoms with E-state index >= 15 is 0 Å². The van der Waals surface area contributed by atoms with Gasteiger partial charge in [0.25, 0.3) is 0 Å². The molecule has 0 spiro atoms. The van der Waals surface area contributed by atoms with Gasteiger partial charge in [0.05, 0.1) is 28.8 Å². The molecular formula is C27H43Cl2N2O4PSi2. The van der Waals surface area contributed by atoms with Gasteiger partial charge in [-0.3, -0.25) is 4.57 Å². The standard InChI is InChI=1S/C27H43Cl2N2O4PSi2/c1-17-22-19(13-18(28)25(29)30-22)31(16-32-11-12-37(6,7)8)26(17)34-20-14-33-23-21(15-36(5)24(20)23)35-38(9,10)27(2,3)4/h13,20-21,23H,5,11-12,14-16H2,1-4,6-10H3/t20-,21-,23-/m1/s1. The summed E-state index contributed by atoms with van der Waals surface area (Å²) in [6, 6.07) is 2.94. The van der Waals surface area contributed by atoms with E-state index in [1.165, 1.54) is 5.66 Å². The van der Waals surface area contributed by atoms with E-state index in [4.69, 9.17) is 41.8 Å². The van der Waals surface area contributed by atoms with Crippen molar-refractivity contribution in [2.24, 2.45) is 0 Å². The molecule has 2 aliphatic heterocycles. The Morgan fingerprint density at radius 3 is 2.55 bits per heavy atom. The molecule has 4 atom stereocenters. The highest BCUT2D eigenvalue weighted by molar-refractivity contribution is 7.59. The molecule has 2 aliphatic rings. The van der Waals surface area contributed by atoms with Crippen molar-refractivity contribution in [3.63, 3.8) is 0 Å². The van der Waals surface area contributed by atoms with E-state index in [9.17, 15) is 0 Å². The van der Waals surface area contributed by atoms with Gasteiger partial charge in [-0.15, -0.1) is 0 Å². The smallest absolute Gasteiger partial charge is 0.198 e. The van der Waals surface area contributed by atoms with Crippen molar-refractivity contribution >= 4 is 64.5 Å². The summed E-state index contributed by atoms with van der Waals surface area (Å²) < 4.78 is 28.1. The minimum absolute atomic E-state index is 0.0410. The summed E-state index contributed by atoms with van der Waals surface area (Å²) in [6.07, 6.45) is 5.24. The molecule has 6 nitrogen and oxygen atoms in total. The highest BCUT2D eigenvalue weighted by Gasteiger charge is 2.50. The summed E-state index contributed by atoms with van der Waals surface area (Å²) in [6.45, 7) is 22.0. The van der Waals surface area contributed by atoms with Crippen LogP contribution < -0.4 is 4.74 Å². The molecule has 0 radical (unpaired) electrons. The Balaban J connectivity index is 1.59. The van der Waals surface area contributed by atoms with Crippen molar-refractivity contribution in [1.29, 1.82) is 0 Å². The largest absolute Gasteiger partial charge is 0.502 e. The van der Waals surface area contributed by atoms with Gasteiger partial charge in [-0.25, -0.2) is 4.98 Å². The molecule has 11 heteroatoms. The molecule has 2 fully saturated rings. The molecule has 2 aromatic heterocycles. The number of hydrogen-bond acceptors (Lipinski definition) is 5. The zero-order chi connectivity index (χ0) is 28.2. The normalized spacial score (nSPS) is 24.0. The van der Waals surface area contributed by atoms with Crippen LogP contribution in [0.4, 0.5) is 0 Å². The third-order valence-electron chi connectivity index (χ3n) is 8.00. The van der Waals surface area contributed by atoms with E-state index in [0.29, 0.717) is 25.0 Å². The maximum absolute atomic E-state index is 6.81. The van der Waals surface area contributed by atoms with E-state index in [2.05, 4.69) is 64.8 Å². The van der Waals surface area contributed by atoms with Gasteiger partial charge in [-0.1, -0.05) is 71.2 Å². The second-order valence-electron chi connectivity index (χ2n) is 13.3. The van der Waals surface area contributed by atoms with E-state index in [0.717, 1.165) is 34.7 Å². The summed E-state index contributed by atoms with van der Waals surface area (Å²) >= 11 is 12.7. The lowest BCUT2D eigenvalue weighted by Gasteiger charge is -2.39. The van der Waals surface area contributed by atoms with Crippen molar-refractivity contribution in [3.8, 4) is 5.88 Å². The topological polar surface area (TPSA) is 54.7 Å². The molecule has 4 rings (SSSR count). The Kier molecular flexibility index (Phi) is 8.90. The second kappa shape index (κ2) is 11.1. The highest BCUT2D eigenvalue weighted by atomic mass is 35.5. The average Bonchev–Trinajstić information content (AvgIpc) is 3.40. The second-order valence-corrected chi connectivity index (χ2v) is 26.4. The third kappa shape index (κ3) is 6.23. The number of hydrogen-bond donors (Lipinski definition) is 0. The van der Waals surface area contributed by atoms with Crippen LogP contribution in [0.5, 0.6) is 5.88 Å². The van der Waals surface area contributed by atoms with E-state index in [-0.39, 0.29) is 28.5 Å². The first kappa shape index (κ1) is 30.5. The maximum Gasteiger partial charge on any atom is 0.198 e. The SMILES string of the molecule is C=[P+]1C[C@@H](O[Si](C)(C)C(C)(C)C)[C@H]2OC[C@@H](Oc3c(C)c4nc(Cl)c(Cl)cc4n3COCC[Si](C)(C)C)[C-]21. The quantitative estimate of drug-likeness (QED) is 0.0940. The number of pyridine rings is 1. The van der Waals surface area contributed by atoms with Crippen molar-refractivity contribution in [1.82, 2.24) is 9.55 Å². The van der Waals surface area contributed by atoms with Crippen LogP contribution in [0.15, 0.2) is 6.07 Å². The molecule has 4 heterocycles. The van der Waals surface area contributed by atoms with Gasteiger partial charge in [-0.05, 0) is 42.8 Å². The fourth-order valence-corrected chi connectivity index (χ4v) is 9.24. The first-order chi connectivity index (χ1) is 17.5. The Morgan fingerprint density at radius 1 is 1.24 bits per heavy atom. The number of aryl methyl sites for hydroxylation is 1. The van der Waals surface area contributed by atoms with Crippen molar-refractivity contribution < 1.29 is 18.6 Å². The number of fused-ring (bicyclic) bond motifs is 2. The molecule has 38 heavy (non-hydrogen) atoms. The molecule has 0 aliphatic carbocycles. The third-order valence-corrected chi connectivity index (χ3v) is 17.0. The molecular weight excluding hydrogens is 574 g/mol. The van der Waals surface area contributed by atoms with Gasteiger partial charge < -0.3 is 18.6 Å². The minimum atomic E-state index is -1.94. The molecule has 0 bridgehead atoms. The summed E-state index contributed by atoms with van der Waals surface area (Å²) in [5.41, 5.74) is 3.79. The summed E-state index contributed by atoms with van der Waals surface area (Å²) in [5, 5.41) is 0.830. The Morgan fingerprint density at radius 2 is 1.92 bits per heavy atom. The number of rotatable bonds is 9. The number of halogens is 2. The van der Waals surface area contributed by atoms with Gasteiger partial charge in [0.15, 0.2) is 14.2 Å². The Hall–Kier alpha value is -0.446. The van der Waals surface area contributed by atoms with Crippen LogP contribution in [0, 0.1) is 12.6 Å². The van der Waals surface area contributed by atoms with Crippen LogP contribution in [0.25, 0.3) is 11.0 Å². The Labute approximate surface area is 241 Å². The lowest BCUT2D eigenvalue weighted by molar-refractivity contribution is 0.0237. The number of aromatic nitrogens is 2. The number of ether oxygens (including phenoxy) is 3. The lowest BCUT2D eigenvalue weighted by atomic mass is 10.1. The van der Waals surface area contributed by atoms with E-state index in [1.54, 1.807) is 0 Å². The van der Waals surface area contributed by atoms with Gasteiger partial charge in [-0.2, -0.15) is 0 Å². The van der Waals surface area contributed by atoms with Crippen LogP contribution in [0.1, 0.15) is 26.3 Å². The predicted molar refractivity (Wildman–Crippen MR) is 167 cm³/mol. The summed E-state index contributed by atoms with van der Waals surface area (Å²) in [7, 11) is -3.78. The van der Waals surface area contributed by atoms with Gasteiger partial charge >= 0.3 is 0 Å². The predicted octanol–water partition coefficient (Wildman–Crippen LogP) is 7.96. The molecule has 0 N–H and O–H groups in total. The fraction of sp³-hybridized carbons (Fsp3) is 0.667.